The predicted molar refractivity (Wildman–Crippen MR) is 27.8 cm³/mol. The minimum Gasteiger partial charge on any atom is -0.454 e. The lowest BCUT2D eigenvalue weighted by atomic mass is 10.6. The Bertz CT molecular complexity index is 171. The fourth-order valence-corrected chi connectivity index (χ4v) is 0.428. The summed E-state index contributed by atoms with van der Waals surface area (Å²) in [6.07, 6.45) is 1.93. The summed E-state index contributed by atoms with van der Waals surface area (Å²) in [5.74, 6) is 0.766. The van der Waals surface area contributed by atoms with Gasteiger partial charge in [0.2, 0.25) is 0 Å². The monoisotopic (exact) mass is 113 g/mol. The van der Waals surface area contributed by atoms with E-state index in [4.69, 9.17) is 4.42 Å². The van der Waals surface area contributed by atoms with E-state index in [0.29, 0.717) is 6.08 Å². The molecule has 1 aromatic heterocycles. The lowest BCUT2D eigenvalue weighted by Gasteiger charge is -1.84. The average Bonchev–Trinajstić information content (AvgIpc) is 2.14. The molecule has 0 unspecified atom stereocenters. The Morgan fingerprint density at radius 1 is 1.75 bits per heavy atom. The molecule has 0 saturated carbocycles. The minimum absolute atomic E-state index is 0.322. The maximum absolute atomic E-state index is 4.90. The number of nitrogens with zero attached hydrogens (tertiary/aromatic N) is 1. The summed E-state index contributed by atoms with van der Waals surface area (Å²) in [4.78, 5) is 3.75. The van der Waals surface area contributed by atoms with Crippen LogP contribution < -0.4 is 4.74 Å². The highest BCUT2D eigenvalue weighted by molar-refractivity contribution is 4.93. The van der Waals surface area contributed by atoms with E-state index in [9.17, 15) is 0 Å². The van der Waals surface area contributed by atoms with E-state index >= 15 is 0 Å². The highest BCUT2D eigenvalue weighted by atomic mass is 16.6. The third-order valence-electron chi connectivity index (χ3n) is 0.775. The first-order chi connectivity index (χ1) is 3.83. The van der Waals surface area contributed by atoms with Crippen molar-refractivity contribution in [3.05, 3.63) is 12.0 Å². The normalized spacial score (nSPS) is 9.25. The van der Waals surface area contributed by atoms with Crippen LogP contribution in [-0.4, -0.2) is 12.1 Å². The second kappa shape index (κ2) is 1.86. The van der Waals surface area contributed by atoms with E-state index in [1.54, 1.807) is 6.20 Å². The van der Waals surface area contributed by atoms with Gasteiger partial charge in [-0.2, -0.15) is 4.98 Å². The molecule has 0 spiro atoms. The van der Waals surface area contributed by atoms with E-state index in [2.05, 4.69) is 9.72 Å². The number of aryl methyl sites for hydroxylation is 1. The first kappa shape index (κ1) is 5.15. The van der Waals surface area contributed by atoms with Crippen molar-refractivity contribution < 1.29 is 9.15 Å². The summed E-state index contributed by atoms with van der Waals surface area (Å²) < 4.78 is 9.56. The quantitative estimate of drug-likeness (QED) is 0.544. The highest BCUT2D eigenvalue weighted by Crippen LogP contribution is 2.07. The molecule has 44 valence electrons. The molecule has 1 rings (SSSR count). The predicted octanol–water partition coefficient (Wildman–Crippen LogP) is 0.992. The summed E-state index contributed by atoms with van der Waals surface area (Å²) in [5.41, 5.74) is 0. The number of aromatic nitrogens is 1. The van der Waals surface area contributed by atoms with Gasteiger partial charge in [-0.15, -0.1) is 0 Å². The van der Waals surface area contributed by atoms with Crippen LogP contribution >= 0.6 is 0 Å². The van der Waals surface area contributed by atoms with E-state index in [1.165, 1.54) is 7.11 Å². The van der Waals surface area contributed by atoms with Gasteiger partial charge in [0.15, 0.2) is 0 Å². The Labute approximate surface area is 47.3 Å². The topological polar surface area (TPSA) is 35.3 Å². The fourth-order valence-electron chi connectivity index (χ4n) is 0.428. The maximum atomic E-state index is 4.90. The third kappa shape index (κ3) is 0.804. The van der Waals surface area contributed by atoms with Gasteiger partial charge in [0.05, 0.1) is 13.3 Å². The summed E-state index contributed by atoms with van der Waals surface area (Å²) in [6.45, 7) is 1.82. The summed E-state index contributed by atoms with van der Waals surface area (Å²) in [5, 5.41) is 0. The van der Waals surface area contributed by atoms with Crippen molar-refractivity contribution >= 4 is 0 Å². The molecule has 0 saturated heterocycles. The van der Waals surface area contributed by atoms with Gasteiger partial charge < -0.3 is 9.15 Å². The van der Waals surface area contributed by atoms with Crippen LogP contribution in [0.2, 0.25) is 0 Å². The van der Waals surface area contributed by atoms with Crippen molar-refractivity contribution in [3.63, 3.8) is 0 Å². The Hall–Kier alpha value is -0.990. The fraction of sp³-hybridized carbons (Fsp3) is 0.400. The molecule has 0 N–H and O–H groups in total. The molecular formula is C5H7NO2. The van der Waals surface area contributed by atoms with Crippen LogP contribution in [0.25, 0.3) is 0 Å². The molecule has 0 radical (unpaired) electrons. The Morgan fingerprint density at radius 2 is 2.50 bits per heavy atom. The molecule has 3 heteroatoms. The maximum Gasteiger partial charge on any atom is 0.393 e. The van der Waals surface area contributed by atoms with Crippen LogP contribution in [-0.2, 0) is 0 Å². The van der Waals surface area contributed by atoms with Crippen LogP contribution in [0, 0.1) is 6.92 Å². The van der Waals surface area contributed by atoms with Crippen LogP contribution in [0.5, 0.6) is 6.08 Å². The zero-order chi connectivity index (χ0) is 5.98. The first-order valence-electron chi connectivity index (χ1n) is 2.29. The molecule has 0 aliphatic heterocycles. The largest absolute Gasteiger partial charge is 0.454 e. The molecule has 0 bridgehead atoms. The van der Waals surface area contributed by atoms with Crippen molar-refractivity contribution in [1.82, 2.24) is 4.98 Å². The third-order valence-corrected chi connectivity index (χ3v) is 0.775. The van der Waals surface area contributed by atoms with Crippen LogP contribution in [0.1, 0.15) is 5.76 Å². The van der Waals surface area contributed by atoms with Crippen LogP contribution in [0.3, 0.4) is 0 Å². The van der Waals surface area contributed by atoms with Crippen LogP contribution in [0.4, 0.5) is 0 Å². The summed E-state index contributed by atoms with van der Waals surface area (Å²) >= 11 is 0. The second-order valence-electron chi connectivity index (χ2n) is 1.44. The van der Waals surface area contributed by atoms with Gasteiger partial charge in [0.1, 0.15) is 5.76 Å². The second-order valence-corrected chi connectivity index (χ2v) is 1.44. The van der Waals surface area contributed by atoms with Crippen molar-refractivity contribution in [2.75, 3.05) is 7.11 Å². The number of rotatable bonds is 1. The molecular weight excluding hydrogens is 106 g/mol. The Kier molecular flexibility index (Phi) is 1.20. The molecule has 0 aliphatic rings. The van der Waals surface area contributed by atoms with Crippen molar-refractivity contribution in [1.29, 1.82) is 0 Å². The standard InChI is InChI=1S/C5H7NO2/c1-4-3-6-5(7-2)8-4/h3H,1-2H3. The van der Waals surface area contributed by atoms with Gasteiger partial charge in [-0.05, 0) is 6.92 Å². The Balaban J connectivity index is 2.84. The zero-order valence-corrected chi connectivity index (χ0v) is 4.84. The number of hydrogen-bond acceptors (Lipinski definition) is 3. The van der Waals surface area contributed by atoms with Gasteiger partial charge in [0.25, 0.3) is 0 Å². The summed E-state index contributed by atoms with van der Waals surface area (Å²) in [7, 11) is 1.52. The molecule has 0 atom stereocenters. The lowest BCUT2D eigenvalue weighted by Crippen LogP contribution is -1.78. The molecule has 0 amide bonds. The van der Waals surface area contributed by atoms with E-state index in [0.717, 1.165) is 5.76 Å². The molecule has 0 aromatic carbocycles. The highest BCUT2D eigenvalue weighted by Gasteiger charge is 1.94. The van der Waals surface area contributed by atoms with Crippen molar-refractivity contribution in [2.24, 2.45) is 0 Å². The number of ether oxygens (including phenoxy) is 1. The number of hydrogen-bond donors (Lipinski definition) is 0. The van der Waals surface area contributed by atoms with Gasteiger partial charge in [-0.3, -0.25) is 0 Å². The first-order valence-corrected chi connectivity index (χ1v) is 2.29. The molecule has 0 aliphatic carbocycles. The van der Waals surface area contributed by atoms with E-state index < -0.39 is 0 Å². The summed E-state index contributed by atoms with van der Waals surface area (Å²) in [6, 6.07) is 0. The van der Waals surface area contributed by atoms with Gasteiger partial charge in [-0.1, -0.05) is 0 Å². The zero-order valence-electron chi connectivity index (χ0n) is 4.84. The molecule has 0 fully saturated rings. The molecule has 1 aromatic rings. The smallest absolute Gasteiger partial charge is 0.393 e. The molecule has 3 nitrogen and oxygen atoms in total. The minimum atomic E-state index is 0.322. The van der Waals surface area contributed by atoms with Crippen molar-refractivity contribution in [3.8, 4) is 6.08 Å². The van der Waals surface area contributed by atoms with E-state index in [-0.39, 0.29) is 0 Å². The average molecular weight is 113 g/mol. The SMILES string of the molecule is COc1ncc(C)o1. The number of methoxy groups -OCH3 is 1. The number of oxazole rings is 1. The Morgan fingerprint density at radius 3 is 2.75 bits per heavy atom. The van der Waals surface area contributed by atoms with E-state index in [1.807, 2.05) is 6.92 Å². The van der Waals surface area contributed by atoms with Gasteiger partial charge >= 0.3 is 6.08 Å². The van der Waals surface area contributed by atoms with Gasteiger partial charge in [-0.25, -0.2) is 0 Å². The van der Waals surface area contributed by atoms with Crippen molar-refractivity contribution in [2.45, 2.75) is 6.92 Å². The van der Waals surface area contributed by atoms with Gasteiger partial charge in [0, 0.05) is 0 Å². The molecule has 1 heterocycles. The molecule has 8 heavy (non-hydrogen) atoms. The van der Waals surface area contributed by atoms with Crippen LogP contribution in [0.15, 0.2) is 10.6 Å². The lowest BCUT2D eigenvalue weighted by molar-refractivity contribution is 0.284.